The monoisotopic (exact) mass is 211 g/mol. The lowest BCUT2D eigenvalue weighted by molar-refractivity contribution is -0.137. The van der Waals surface area contributed by atoms with E-state index < -0.39 is 5.97 Å². The van der Waals surface area contributed by atoms with E-state index in [4.69, 9.17) is 5.11 Å². The fourth-order valence-electron chi connectivity index (χ4n) is 1.26. The highest BCUT2D eigenvalue weighted by Crippen LogP contribution is 2.08. The van der Waals surface area contributed by atoms with E-state index in [0.717, 1.165) is 32.4 Å². The van der Waals surface area contributed by atoms with Crippen LogP contribution in [0.1, 0.15) is 39.5 Å². The lowest BCUT2D eigenvalue weighted by Crippen LogP contribution is -2.18. The molecule has 0 amide bonds. The Morgan fingerprint density at radius 1 is 1.40 bits per heavy atom. The van der Waals surface area contributed by atoms with Crippen LogP contribution in [-0.2, 0) is 4.79 Å². The van der Waals surface area contributed by atoms with Gasteiger partial charge in [-0.2, -0.15) is 0 Å². The van der Waals surface area contributed by atoms with Crippen molar-refractivity contribution < 1.29 is 9.90 Å². The molecule has 2 N–H and O–H groups in total. The van der Waals surface area contributed by atoms with Gasteiger partial charge in [0.25, 0.3) is 0 Å². The van der Waals surface area contributed by atoms with Gasteiger partial charge in [0.1, 0.15) is 0 Å². The number of carboxylic acids is 1. The third-order valence-corrected chi connectivity index (χ3v) is 2.27. The molecule has 0 aromatic heterocycles. The van der Waals surface area contributed by atoms with E-state index in [-0.39, 0.29) is 6.42 Å². The molecule has 0 radical (unpaired) electrons. The van der Waals surface area contributed by atoms with Crippen LogP contribution in [0.15, 0.2) is 0 Å². The van der Waals surface area contributed by atoms with Crippen molar-refractivity contribution in [1.29, 1.82) is 0 Å². The Labute approximate surface area is 92.3 Å². The summed E-state index contributed by atoms with van der Waals surface area (Å²) in [6.45, 7) is 5.81. The number of hydrogen-bond donors (Lipinski definition) is 2. The molecule has 86 valence electrons. The van der Waals surface area contributed by atoms with Crippen LogP contribution in [0.4, 0.5) is 0 Å². The van der Waals surface area contributed by atoms with Crippen molar-refractivity contribution in [3.8, 4) is 11.8 Å². The lowest BCUT2D eigenvalue weighted by Gasteiger charge is -2.09. The number of carbonyl (C=O) groups is 1. The molecule has 1 unspecified atom stereocenters. The fourth-order valence-corrected chi connectivity index (χ4v) is 1.26. The standard InChI is InChI=1S/C12H21NO2/c1-3-4-5-9-13-10-8-11(2)6-7-12(14)15/h11,13H,5-10H2,1-2H3,(H,14,15). The Kier molecular flexibility index (Phi) is 8.90. The Morgan fingerprint density at radius 2 is 2.13 bits per heavy atom. The third kappa shape index (κ3) is 10.9. The summed E-state index contributed by atoms with van der Waals surface area (Å²) in [6.07, 6.45) is 2.97. The normalized spacial score (nSPS) is 11.6. The van der Waals surface area contributed by atoms with Gasteiger partial charge in [-0.3, -0.25) is 4.79 Å². The van der Waals surface area contributed by atoms with Gasteiger partial charge in [-0.05, 0) is 32.2 Å². The summed E-state index contributed by atoms with van der Waals surface area (Å²) >= 11 is 0. The van der Waals surface area contributed by atoms with Crippen molar-refractivity contribution in [1.82, 2.24) is 5.32 Å². The van der Waals surface area contributed by atoms with Crippen molar-refractivity contribution >= 4 is 5.97 Å². The van der Waals surface area contributed by atoms with Crippen LogP contribution < -0.4 is 5.32 Å². The zero-order valence-electron chi connectivity index (χ0n) is 9.68. The van der Waals surface area contributed by atoms with E-state index in [1.165, 1.54) is 0 Å². The molecular weight excluding hydrogens is 190 g/mol. The van der Waals surface area contributed by atoms with E-state index in [9.17, 15) is 4.79 Å². The van der Waals surface area contributed by atoms with Crippen LogP contribution in [0.5, 0.6) is 0 Å². The minimum absolute atomic E-state index is 0.280. The van der Waals surface area contributed by atoms with Crippen molar-refractivity contribution in [2.45, 2.75) is 39.5 Å². The Bertz CT molecular complexity index is 228. The van der Waals surface area contributed by atoms with E-state index in [0.29, 0.717) is 5.92 Å². The van der Waals surface area contributed by atoms with Gasteiger partial charge in [0, 0.05) is 19.4 Å². The second kappa shape index (κ2) is 9.54. The molecule has 0 aromatic carbocycles. The van der Waals surface area contributed by atoms with Gasteiger partial charge in [-0.15, -0.1) is 11.8 Å². The van der Waals surface area contributed by atoms with Gasteiger partial charge >= 0.3 is 5.97 Å². The SMILES string of the molecule is CC#CCCNCCC(C)CCC(=O)O. The minimum Gasteiger partial charge on any atom is -0.481 e. The van der Waals surface area contributed by atoms with Crippen LogP contribution in [0.2, 0.25) is 0 Å². The largest absolute Gasteiger partial charge is 0.481 e. The molecule has 0 aliphatic rings. The summed E-state index contributed by atoms with van der Waals surface area (Å²) in [5, 5.41) is 11.8. The zero-order valence-corrected chi connectivity index (χ0v) is 9.68. The molecule has 3 nitrogen and oxygen atoms in total. The molecule has 0 saturated heterocycles. The number of carboxylic acid groups (broad SMARTS) is 1. The highest BCUT2D eigenvalue weighted by molar-refractivity contribution is 5.66. The lowest BCUT2D eigenvalue weighted by atomic mass is 10.0. The number of rotatable bonds is 8. The van der Waals surface area contributed by atoms with Crippen molar-refractivity contribution in [2.24, 2.45) is 5.92 Å². The van der Waals surface area contributed by atoms with Crippen LogP contribution in [-0.4, -0.2) is 24.2 Å². The quantitative estimate of drug-likeness (QED) is 0.476. The number of aliphatic carboxylic acids is 1. The summed E-state index contributed by atoms with van der Waals surface area (Å²) in [5.74, 6) is 5.61. The molecule has 0 aliphatic heterocycles. The molecule has 0 aromatic rings. The summed E-state index contributed by atoms with van der Waals surface area (Å²) in [7, 11) is 0. The third-order valence-electron chi connectivity index (χ3n) is 2.27. The Morgan fingerprint density at radius 3 is 2.73 bits per heavy atom. The summed E-state index contributed by atoms with van der Waals surface area (Å²) < 4.78 is 0. The Balaban J connectivity index is 3.25. The number of nitrogens with one attached hydrogen (secondary N) is 1. The van der Waals surface area contributed by atoms with Gasteiger partial charge in [0.05, 0.1) is 0 Å². The van der Waals surface area contributed by atoms with E-state index in [1.54, 1.807) is 0 Å². The summed E-state index contributed by atoms with van der Waals surface area (Å²) in [6, 6.07) is 0. The predicted molar refractivity (Wildman–Crippen MR) is 61.6 cm³/mol. The topological polar surface area (TPSA) is 49.3 Å². The molecule has 1 atom stereocenters. The van der Waals surface area contributed by atoms with Gasteiger partial charge in [-0.1, -0.05) is 6.92 Å². The first-order valence-electron chi connectivity index (χ1n) is 5.49. The molecule has 0 rings (SSSR count). The maximum absolute atomic E-state index is 10.3. The number of hydrogen-bond acceptors (Lipinski definition) is 2. The highest BCUT2D eigenvalue weighted by atomic mass is 16.4. The van der Waals surface area contributed by atoms with Crippen molar-refractivity contribution in [3.63, 3.8) is 0 Å². The van der Waals surface area contributed by atoms with Crippen LogP contribution in [0.3, 0.4) is 0 Å². The molecular formula is C12H21NO2. The fraction of sp³-hybridized carbons (Fsp3) is 0.750. The molecule has 0 fully saturated rings. The Hall–Kier alpha value is -1.01. The van der Waals surface area contributed by atoms with Gasteiger partial charge in [0.2, 0.25) is 0 Å². The maximum Gasteiger partial charge on any atom is 0.303 e. The van der Waals surface area contributed by atoms with Gasteiger partial charge in [0.15, 0.2) is 0 Å². The molecule has 3 heteroatoms. The second-order valence-corrected chi connectivity index (χ2v) is 3.75. The first-order chi connectivity index (χ1) is 7.16. The zero-order chi connectivity index (χ0) is 11.5. The van der Waals surface area contributed by atoms with E-state index in [2.05, 4.69) is 24.1 Å². The average molecular weight is 211 g/mol. The van der Waals surface area contributed by atoms with Crippen LogP contribution >= 0.6 is 0 Å². The average Bonchev–Trinajstić information content (AvgIpc) is 2.20. The van der Waals surface area contributed by atoms with Crippen molar-refractivity contribution in [2.75, 3.05) is 13.1 Å². The van der Waals surface area contributed by atoms with Crippen LogP contribution in [0.25, 0.3) is 0 Å². The smallest absolute Gasteiger partial charge is 0.303 e. The summed E-state index contributed by atoms with van der Waals surface area (Å²) in [4.78, 5) is 10.3. The summed E-state index contributed by atoms with van der Waals surface area (Å²) in [5.41, 5.74) is 0. The molecule has 0 aliphatic carbocycles. The minimum atomic E-state index is -0.701. The molecule has 15 heavy (non-hydrogen) atoms. The highest BCUT2D eigenvalue weighted by Gasteiger charge is 2.04. The van der Waals surface area contributed by atoms with Crippen LogP contribution in [0, 0.1) is 17.8 Å². The first-order valence-corrected chi connectivity index (χ1v) is 5.49. The van der Waals surface area contributed by atoms with Gasteiger partial charge in [-0.25, -0.2) is 0 Å². The predicted octanol–water partition coefficient (Wildman–Crippen LogP) is 1.88. The maximum atomic E-state index is 10.3. The molecule has 0 bridgehead atoms. The molecule has 0 heterocycles. The van der Waals surface area contributed by atoms with Gasteiger partial charge < -0.3 is 10.4 Å². The first kappa shape index (κ1) is 14.0. The second-order valence-electron chi connectivity index (χ2n) is 3.75. The molecule has 0 spiro atoms. The van der Waals surface area contributed by atoms with E-state index >= 15 is 0 Å². The van der Waals surface area contributed by atoms with E-state index in [1.807, 2.05) is 6.92 Å². The van der Waals surface area contributed by atoms with Crippen molar-refractivity contribution in [3.05, 3.63) is 0 Å². The molecule has 0 saturated carbocycles.